The maximum atomic E-state index is 11.5. The maximum absolute atomic E-state index is 11.5. The van der Waals surface area contributed by atoms with Gasteiger partial charge in [-0.15, -0.1) is 0 Å². The first-order chi connectivity index (χ1) is 7.13. The Morgan fingerprint density at radius 1 is 1.47 bits per heavy atom. The van der Waals surface area contributed by atoms with E-state index in [1.165, 1.54) is 7.11 Å². The molecular formula is C10H10BrIO3. The summed E-state index contributed by atoms with van der Waals surface area (Å²) >= 11 is 5.47. The Hall–Kier alpha value is -0.300. The Bertz CT molecular complexity index is 379. The van der Waals surface area contributed by atoms with Crippen molar-refractivity contribution in [2.24, 2.45) is 0 Å². The SMILES string of the molecule is COC(=O)c1cc(I)cc(OC)c1CBr. The van der Waals surface area contributed by atoms with Crippen LogP contribution in [0.4, 0.5) is 0 Å². The minimum atomic E-state index is -0.346. The first kappa shape index (κ1) is 12.8. The molecule has 15 heavy (non-hydrogen) atoms. The number of carbonyl (C=O) groups is 1. The fourth-order valence-electron chi connectivity index (χ4n) is 1.22. The highest BCUT2D eigenvalue weighted by Gasteiger charge is 2.16. The molecule has 0 bridgehead atoms. The molecule has 0 saturated carbocycles. The van der Waals surface area contributed by atoms with E-state index >= 15 is 0 Å². The van der Waals surface area contributed by atoms with Gasteiger partial charge in [0.25, 0.3) is 0 Å². The van der Waals surface area contributed by atoms with Crippen molar-refractivity contribution in [2.45, 2.75) is 5.33 Å². The van der Waals surface area contributed by atoms with Gasteiger partial charge in [-0.1, -0.05) is 15.9 Å². The van der Waals surface area contributed by atoms with E-state index in [1.807, 2.05) is 6.07 Å². The van der Waals surface area contributed by atoms with E-state index in [0.29, 0.717) is 16.6 Å². The average molecular weight is 385 g/mol. The number of benzene rings is 1. The van der Waals surface area contributed by atoms with E-state index in [9.17, 15) is 4.79 Å². The monoisotopic (exact) mass is 384 g/mol. The van der Waals surface area contributed by atoms with Crippen LogP contribution in [0.15, 0.2) is 12.1 Å². The van der Waals surface area contributed by atoms with E-state index in [-0.39, 0.29) is 5.97 Å². The topological polar surface area (TPSA) is 35.5 Å². The number of hydrogen-bond donors (Lipinski definition) is 0. The van der Waals surface area contributed by atoms with Crippen LogP contribution in [0.25, 0.3) is 0 Å². The number of hydrogen-bond acceptors (Lipinski definition) is 3. The van der Waals surface area contributed by atoms with Crippen LogP contribution >= 0.6 is 38.5 Å². The van der Waals surface area contributed by atoms with Gasteiger partial charge in [0.05, 0.1) is 19.8 Å². The van der Waals surface area contributed by atoms with Crippen molar-refractivity contribution in [1.82, 2.24) is 0 Å². The zero-order valence-corrected chi connectivity index (χ0v) is 12.1. The van der Waals surface area contributed by atoms with Gasteiger partial charge < -0.3 is 9.47 Å². The van der Waals surface area contributed by atoms with Gasteiger partial charge >= 0.3 is 5.97 Å². The first-order valence-corrected chi connectivity index (χ1v) is 6.34. The van der Waals surface area contributed by atoms with Crippen molar-refractivity contribution in [3.8, 4) is 5.75 Å². The van der Waals surface area contributed by atoms with Gasteiger partial charge in [0.15, 0.2) is 0 Å². The summed E-state index contributed by atoms with van der Waals surface area (Å²) in [5.74, 6) is 0.348. The molecule has 0 unspecified atom stereocenters. The molecule has 0 fully saturated rings. The highest BCUT2D eigenvalue weighted by atomic mass is 127. The molecular weight excluding hydrogens is 375 g/mol. The zero-order chi connectivity index (χ0) is 11.4. The summed E-state index contributed by atoms with van der Waals surface area (Å²) in [5.41, 5.74) is 1.35. The lowest BCUT2D eigenvalue weighted by Gasteiger charge is -2.11. The molecule has 0 aliphatic carbocycles. The third-order valence-corrected chi connectivity index (χ3v) is 3.12. The molecule has 0 heterocycles. The number of alkyl halides is 1. The van der Waals surface area contributed by atoms with Crippen LogP contribution in [0.3, 0.4) is 0 Å². The highest BCUT2D eigenvalue weighted by Crippen LogP contribution is 2.28. The minimum absolute atomic E-state index is 0.346. The summed E-state index contributed by atoms with van der Waals surface area (Å²) in [4.78, 5) is 11.5. The molecule has 5 heteroatoms. The maximum Gasteiger partial charge on any atom is 0.338 e. The van der Waals surface area contributed by atoms with Crippen LogP contribution < -0.4 is 4.74 Å². The van der Waals surface area contributed by atoms with Gasteiger partial charge in [0.2, 0.25) is 0 Å². The van der Waals surface area contributed by atoms with Gasteiger partial charge in [-0.25, -0.2) is 4.79 Å². The number of methoxy groups -OCH3 is 2. The predicted molar refractivity (Wildman–Crippen MR) is 69.7 cm³/mol. The van der Waals surface area contributed by atoms with E-state index in [0.717, 1.165) is 9.13 Å². The largest absolute Gasteiger partial charge is 0.496 e. The third kappa shape index (κ3) is 2.84. The van der Waals surface area contributed by atoms with Crippen LogP contribution in [0.2, 0.25) is 0 Å². The second kappa shape index (κ2) is 5.69. The Balaban J connectivity index is 3.35. The summed E-state index contributed by atoms with van der Waals surface area (Å²) in [6.07, 6.45) is 0. The van der Waals surface area contributed by atoms with Crippen molar-refractivity contribution in [3.63, 3.8) is 0 Å². The molecule has 0 radical (unpaired) electrons. The van der Waals surface area contributed by atoms with Crippen LogP contribution in [0.1, 0.15) is 15.9 Å². The van der Waals surface area contributed by atoms with E-state index in [4.69, 9.17) is 9.47 Å². The van der Waals surface area contributed by atoms with Crippen LogP contribution in [0, 0.1) is 3.57 Å². The predicted octanol–water partition coefficient (Wildman–Crippen LogP) is 2.98. The number of esters is 1. The normalized spacial score (nSPS) is 9.87. The molecule has 1 aromatic rings. The van der Waals surface area contributed by atoms with Crippen molar-refractivity contribution in [2.75, 3.05) is 14.2 Å². The summed E-state index contributed by atoms with van der Waals surface area (Å²) in [6.45, 7) is 0. The average Bonchev–Trinajstić information content (AvgIpc) is 2.26. The Kier molecular flexibility index (Phi) is 4.85. The lowest BCUT2D eigenvalue weighted by molar-refractivity contribution is 0.0599. The van der Waals surface area contributed by atoms with Crippen molar-refractivity contribution >= 4 is 44.5 Å². The summed E-state index contributed by atoms with van der Waals surface area (Å²) in [7, 11) is 2.95. The van der Waals surface area contributed by atoms with Gasteiger partial charge in [0, 0.05) is 14.5 Å². The highest BCUT2D eigenvalue weighted by molar-refractivity contribution is 14.1. The van der Waals surface area contributed by atoms with E-state index < -0.39 is 0 Å². The lowest BCUT2D eigenvalue weighted by Crippen LogP contribution is -2.07. The summed E-state index contributed by atoms with van der Waals surface area (Å²) < 4.78 is 10.9. The van der Waals surface area contributed by atoms with Crippen LogP contribution in [0.5, 0.6) is 5.75 Å². The summed E-state index contributed by atoms with van der Waals surface area (Å²) in [6, 6.07) is 3.66. The summed E-state index contributed by atoms with van der Waals surface area (Å²) in [5, 5.41) is 0.553. The Morgan fingerprint density at radius 3 is 2.60 bits per heavy atom. The van der Waals surface area contributed by atoms with Crippen LogP contribution in [-0.4, -0.2) is 20.2 Å². The fourth-order valence-corrected chi connectivity index (χ4v) is 2.40. The minimum Gasteiger partial charge on any atom is -0.496 e. The molecule has 82 valence electrons. The molecule has 3 nitrogen and oxygen atoms in total. The molecule has 0 atom stereocenters. The molecule has 1 aromatic carbocycles. The molecule has 0 aromatic heterocycles. The van der Waals surface area contributed by atoms with Crippen molar-refractivity contribution in [3.05, 3.63) is 26.8 Å². The number of carbonyl (C=O) groups excluding carboxylic acids is 1. The van der Waals surface area contributed by atoms with Gasteiger partial charge in [-0.2, -0.15) is 0 Å². The number of ether oxygens (including phenoxy) is 2. The van der Waals surface area contributed by atoms with E-state index in [2.05, 4.69) is 38.5 Å². The second-order valence-corrected chi connectivity index (χ2v) is 4.57. The van der Waals surface area contributed by atoms with E-state index in [1.54, 1.807) is 13.2 Å². The number of halogens is 2. The smallest absolute Gasteiger partial charge is 0.338 e. The Morgan fingerprint density at radius 2 is 2.13 bits per heavy atom. The van der Waals surface area contributed by atoms with Crippen molar-refractivity contribution in [1.29, 1.82) is 0 Å². The molecule has 0 aliphatic rings. The number of rotatable bonds is 3. The molecule has 0 saturated heterocycles. The standard InChI is InChI=1S/C10H10BrIO3/c1-14-9-4-6(12)3-7(8(9)5-11)10(13)15-2/h3-4H,5H2,1-2H3. The quantitative estimate of drug-likeness (QED) is 0.456. The van der Waals surface area contributed by atoms with Gasteiger partial charge in [0.1, 0.15) is 5.75 Å². The Labute approximate surface area is 110 Å². The third-order valence-electron chi connectivity index (χ3n) is 1.93. The molecule has 0 N–H and O–H groups in total. The molecule has 0 amide bonds. The fraction of sp³-hybridized carbons (Fsp3) is 0.300. The first-order valence-electron chi connectivity index (χ1n) is 4.14. The molecule has 0 aliphatic heterocycles. The van der Waals surface area contributed by atoms with Crippen LogP contribution in [-0.2, 0) is 10.1 Å². The van der Waals surface area contributed by atoms with Gasteiger partial charge in [-0.05, 0) is 34.7 Å². The van der Waals surface area contributed by atoms with Gasteiger partial charge in [-0.3, -0.25) is 0 Å². The molecule has 0 spiro atoms. The zero-order valence-electron chi connectivity index (χ0n) is 8.34. The molecule has 1 rings (SSSR count). The lowest BCUT2D eigenvalue weighted by atomic mass is 10.1. The second-order valence-electron chi connectivity index (χ2n) is 2.76. The van der Waals surface area contributed by atoms with Crippen molar-refractivity contribution < 1.29 is 14.3 Å².